The molecule has 2 aromatic carbocycles. The number of sulfonamides is 1. The van der Waals surface area contributed by atoms with E-state index in [2.05, 4.69) is 15.5 Å². The highest BCUT2D eigenvalue weighted by Crippen LogP contribution is 2.30. The van der Waals surface area contributed by atoms with Crippen molar-refractivity contribution in [1.29, 1.82) is 0 Å². The SMILES string of the molecule is Cc1ccc(-c2cc(C(=O)Nc3nc4ccc(S(=O)(=O)N5CCCC5)cc4s3)on2)cc1. The summed E-state index contributed by atoms with van der Waals surface area (Å²) in [5, 5.41) is 7.04. The lowest BCUT2D eigenvalue weighted by Gasteiger charge is -2.15. The molecule has 164 valence electrons. The number of rotatable bonds is 5. The third kappa shape index (κ3) is 3.92. The first kappa shape index (κ1) is 20.8. The van der Waals surface area contributed by atoms with Crippen LogP contribution in [0.4, 0.5) is 5.13 Å². The molecule has 0 atom stereocenters. The summed E-state index contributed by atoms with van der Waals surface area (Å²) in [5.74, 6) is -0.406. The van der Waals surface area contributed by atoms with E-state index in [1.54, 1.807) is 24.3 Å². The van der Waals surface area contributed by atoms with Gasteiger partial charge in [0.1, 0.15) is 5.69 Å². The Balaban J connectivity index is 1.35. The lowest BCUT2D eigenvalue weighted by atomic mass is 10.1. The van der Waals surface area contributed by atoms with Crippen LogP contribution in [0.25, 0.3) is 21.5 Å². The normalized spacial score (nSPS) is 14.8. The molecule has 32 heavy (non-hydrogen) atoms. The van der Waals surface area contributed by atoms with Gasteiger partial charge < -0.3 is 4.52 Å². The fraction of sp³-hybridized carbons (Fsp3) is 0.227. The largest absolute Gasteiger partial charge is 0.350 e. The molecule has 8 nitrogen and oxygen atoms in total. The molecular formula is C22H20N4O4S2. The van der Waals surface area contributed by atoms with Gasteiger partial charge in [-0.1, -0.05) is 46.3 Å². The molecule has 0 saturated carbocycles. The van der Waals surface area contributed by atoms with Crippen LogP contribution in [-0.2, 0) is 10.0 Å². The van der Waals surface area contributed by atoms with Crippen molar-refractivity contribution in [3.63, 3.8) is 0 Å². The molecule has 1 amide bonds. The highest BCUT2D eigenvalue weighted by molar-refractivity contribution is 7.89. The Labute approximate surface area is 188 Å². The number of hydrogen-bond acceptors (Lipinski definition) is 7. The first-order chi connectivity index (χ1) is 15.4. The van der Waals surface area contributed by atoms with Crippen LogP contribution < -0.4 is 5.32 Å². The number of amides is 1. The lowest BCUT2D eigenvalue weighted by Crippen LogP contribution is -2.27. The molecule has 0 unspecified atom stereocenters. The van der Waals surface area contributed by atoms with Crippen LogP contribution >= 0.6 is 11.3 Å². The number of anilines is 1. The molecule has 1 aliphatic rings. The van der Waals surface area contributed by atoms with Crippen LogP contribution in [0.2, 0.25) is 0 Å². The van der Waals surface area contributed by atoms with E-state index in [0.717, 1.165) is 24.0 Å². The predicted octanol–water partition coefficient (Wildman–Crippen LogP) is 4.30. The van der Waals surface area contributed by atoms with Crippen LogP contribution in [-0.4, -0.2) is 41.9 Å². The van der Waals surface area contributed by atoms with E-state index in [4.69, 9.17) is 4.52 Å². The van der Waals surface area contributed by atoms with E-state index in [9.17, 15) is 13.2 Å². The summed E-state index contributed by atoms with van der Waals surface area (Å²) in [6.07, 6.45) is 1.76. The van der Waals surface area contributed by atoms with Gasteiger partial charge in [0.05, 0.1) is 15.1 Å². The first-order valence-corrected chi connectivity index (χ1v) is 12.4. The van der Waals surface area contributed by atoms with Gasteiger partial charge in [-0.25, -0.2) is 13.4 Å². The number of carbonyl (C=O) groups is 1. The van der Waals surface area contributed by atoms with Crippen molar-refractivity contribution >= 4 is 42.6 Å². The standard InChI is InChI=1S/C22H20N4O4S2/c1-14-4-6-15(7-5-14)18-13-19(30-25-18)21(27)24-22-23-17-9-8-16(12-20(17)31-22)32(28,29)26-10-2-3-11-26/h4-9,12-13H,2-3,10-11H2,1H3,(H,23,24,27). The van der Waals surface area contributed by atoms with Crippen LogP contribution in [0.3, 0.4) is 0 Å². The second kappa shape index (κ2) is 8.12. The summed E-state index contributed by atoms with van der Waals surface area (Å²) in [7, 11) is -3.51. The van der Waals surface area contributed by atoms with Crippen molar-refractivity contribution < 1.29 is 17.7 Å². The fourth-order valence-corrected chi connectivity index (χ4v) is 6.12. The van der Waals surface area contributed by atoms with Crippen molar-refractivity contribution in [3.05, 3.63) is 59.9 Å². The summed E-state index contributed by atoms with van der Waals surface area (Å²) < 4.78 is 33.0. The summed E-state index contributed by atoms with van der Waals surface area (Å²) in [6.45, 7) is 3.09. The van der Waals surface area contributed by atoms with E-state index in [-0.39, 0.29) is 10.7 Å². The van der Waals surface area contributed by atoms with Crippen LogP contribution in [0.1, 0.15) is 29.0 Å². The zero-order valence-electron chi connectivity index (χ0n) is 17.2. The second-order valence-corrected chi connectivity index (χ2v) is 10.6. The zero-order valence-corrected chi connectivity index (χ0v) is 18.9. The van der Waals surface area contributed by atoms with Gasteiger partial charge in [0.15, 0.2) is 5.13 Å². The molecule has 1 N–H and O–H groups in total. The Morgan fingerprint density at radius 1 is 1.09 bits per heavy atom. The van der Waals surface area contributed by atoms with E-state index < -0.39 is 15.9 Å². The maximum atomic E-state index is 12.8. The van der Waals surface area contributed by atoms with Gasteiger partial charge in [-0.15, -0.1) is 0 Å². The van der Waals surface area contributed by atoms with Gasteiger partial charge >= 0.3 is 0 Å². The maximum Gasteiger partial charge on any atom is 0.296 e. The molecule has 1 fully saturated rings. The van der Waals surface area contributed by atoms with Gasteiger partial charge in [0.2, 0.25) is 15.8 Å². The van der Waals surface area contributed by atoms with E-state index >= 15 is 0 Å². The van der Waals surface area contributed by atoms with Crippen LogP contribution in [0.5, 0.6) is 0 Å². The topological polar surface area (TPSA) is 105 Å². The van der Waals surface area contributed by atoms with E-state index in [1.165, 1.54) is 15.6 Å². The predicted molar refractivity (Wildman–Crippen MR) is 122 cm³/mol. The molecule has 0 radical (unpaired) electrons. The van der Waals surface area contributed by atoms with Gasteiger partial charge in [0, 0.05) is 24.7 Å². The number of carbonyl (C=O) groups excluding carboxylic acids is 1. The smallest absolute Gasteiger partial charge is 0.296 e. The minimum Gasteiger partial charge on any atom is -0.350 e. The lowest BCUT2D eigenvalue weighted by molar-refractivity contribution is 0.0988. The summed E-state index contributed by atoms with van der Waals surface area (Å²) in [4.78, 5) is 17.2. The minimum atomic E-state index is -3.51. The third-order valence-electron chi connectivity index (χ3n) is 5.36. The maximum absolute atomic E-state index is 12.8. The molecular weight excluding hydrogens is 448 g/mol. The van der Waals surface area contributed by atoms with Gasteiger partial charge in [-0.2, -0.15) is 4.31 Å². The Kier molecular flexibility index (Phi) is 5.28. The Bertz CT molecular complexity index is 1400. The summed E-state index contributed by atoms with van der Waals surface area (Å²) in [5.41, 5.74) is 3.16. The van der Waals surface area contributed by atoms with Crippen LogP contribution in [0, 0.1) is 6.92 Å². The molecule has 1 aliphatic heterocycles. The molecule has 0 aliphatic carbocycles. The Morgan fingerprint density at radius 3 is 2.59 bits per heavy atom. The van der Waals surface area contributed by atoms with Gasteiger partial charge in [0.25, 0.3) is 5.91 Å². The van der Waals surface area contributed by atoms with E-state index in [0.29, 0.717) is 34.1 Å². The molecule has 0 spiro atoms. The van der Waals surface area contributed by atoms with Crippen molar-refractivity contribution in [3.8, 4) is 11.3 Å². The highest BCUT2D eigenvalue weighted by atomic mass is 32.2. The number of nitrogens with zero attached hydrogens (tertiary/aromatic N) is 3. The number of nitrogens with one attached hydrogen (secondary N) is 1. The number of benzene rings is 2. The average Bonchev–Trinajstić information content (AvgIpc) is 3.53. The average molecular weight is 469 g/mol. The monoisotopic (exact) mass is 468 g/mol. The van der Waals surface area contributed by atoms with E-state index in [1.807, 2.05) is 31.2 Å². The van der Waals surface area contributed by atoms with Gasteiger partial charge in [-0.3, -0.25) is 10.1 Å². The molecule has 2 aromatic heterocycles. The Morgan fingerprint density at radius 2 is 1.84 bits per heavy atom. The number of hydrogen-bond donors (Lipinski definition) is 1. The molecule has 0 bridgehead atoms. The summed E-state index contributed by atoms with van der Waals surface area (Å²) in [6, 6.07) is 14.2. The molecule has 1 saturated heterocycles. The van der Waals surface area contributed by atoms with Crippen molar-refractivity contribution in [2.75, 3.05) is 18.4 Å². The first-order valence-electron chi connectivity index (χ1n) is 10.2. The highest BCUT2D eigenvalue weighted by Gasteiger charge is 2.27. The second-order valence-electron chi connectivity index (χ2n) is 7.66. The number of fused-ring (bicyclic) bond motifs is 1. The molecule has 10 heteroatoms. The summed E-state index contributed by atoms with van der Waals surface area (Å²) >= 11 is 1.21. The van der Waals surface area contributed by atoms with Crippen LogP contribution in [0.15, 0.2) is 57.9 Å². The number of aryl methyl sites for hydroxylation is 1. The minimum absolute atomic E-state index is 0.0668. The molecule has 4 aromatic rings. The number of thiazole rings is 1. The fourth-order valence-electron chi connectivity index (χ4n) is 3.60. The third-order valence-corrected chi connectivity index (χ3v) is 8.19. The molecule has 5 rings (SSSR count). The van der Waals surface area contributed by atoms with Gasteiger partial charge in [-0.05, 0) is 38.0 Å². The van der Waals surface area contributed by atoms with Crippen molar-refractivity contribution in [2.45, 2.75) is 24.7 Å². The van der Waals surface area contributed by atoms with Crippen molar-refractivity contribution in [2.24, 2.45) is 0 Å². The Hall–Kier alpha value is -3.08. The van der Waals surface area contributed by atoms with Crippen molar-refractivity contribution in [1.82, 2.24) is 14.4 Å². The number of aromatic nitrogens is 2. The molecule has 3 heterocycles. The zero-order chi connectivity index (χ0) is 22.3. The quantitative estimate of drug-likeness (QED) is 0.468.